The Labute approximate surface area is 156 Å². The smallest absolute Gasteiger partial charge is 0.355 e. The van der Waals surface area contributed by atoms with Crippen molar-refractivity contribution in [2.45, 2.75) is 38.8 Å². The molecule has 1 aromatic rings. The summed E-state index contributed by atoms with van der Waals surface area (Å²) in [6.07, 6.45) is -0.0869. The highest BCUT2D eigenvalue weighted by Gasteiger charge is 2.34. The lowest BCUT2D eigenvalue weighted by Gasteiger charge is -2.37. The van der Waals surface area contributed by atoms with Gasteiger partial charge in [-0.15, -0.1) is 0 Å². The fourth-order valence-electron chi connectivity index (χ4n) is 3.80. The van der Waals surface area contributed by atoms with Crippen molar-refractivity contribution in [1.29, 1.82) is 0 Å². The predicted molar refractivity (Wildman–Crippen MR) is 94.2 cm³/mol. The maximum Gasteiger partial charge on any atom is 0.417 e. The topological polar surface area (TPSA) is 36.4 Å². The van der Waals surface area contributed by atoms with Crippen LogP contribution in [0.3, 0.4) is 0 Å². The van der Waals surface area contributed by atoms with Crippen LogP contribution in [0.4, 0.5) is 19.0 Å². The van der Waals surface area contributed by atoms with Crippen LogP contribution in [0.1, 0.15) is 38.2 Å². The minimum Gasteiger partial charge on any atom is -0.355 e. The van der Waals surface area contributed by atoms with E-state index in [1.165, 1.54) is 6.42 Å². The van der Waals surface area contributed by atoms with Gasteiger partial charge in [-0.1, -0.05) is 18.5 Å². The highest BCUT2D eigenvalue weighted by Crippen LogP contribution is 2.35. The number of likely N-dealkylation sites (tertiary alicyclic amines) is 1. The lowest BCUT2D eigenvalue weighted by Crippen LogP contribution is -2.46. The van der Waals surface area contributed by atoms with Crippen molar-refractivity contribution < 1.29 is 18.0 Å². The van der Waals surface area contributed by atoms with E-state index in [2.05, 4.69) is 11.9 Å². The minimum absolute atomic E-state index is 0.00513. The molecule has 1 aromatic heterocycles. The molecule has 0 radical (unpaired) electrons. The SMILES string of the molecule is CC1CCCN(C(=O)C2CCN(c3ncc(C(F)(F)F)cc3Cl)CC2)C1. The van der Waals surface area contributed by atoms with Crippen LogP contribution in [0.5, 0.6) is 0 Å². The van der Waals surface area contributed by atoms with Crippen LogP contribution >= 0.6 is 11.6 Å². The molecule has 144 valence electrons. The number of piperidine rings is 2. The highest BCUT2D eigenvalue weighted by atomic mass is 35.5. The molecule has 1 unspecified atom stereocenters. The summed E-state index contributed by atoms with van der Waals surface area (Å²) >= 11 is 6.03. The number of rotatable bonds is 2. The number of pyridine rings is 1. The molecule has 4 nitrogen and oxygen atoms in total. The number of aromatic nitrogens is 1. The van der Waals surface area contributed by atoms with E-state index in [4.69, 9.17) is 11.6 Å². The Bertz CT molecular complexity index is 660. The first-order chi connectivity index (χ1) is 12.3. The lowest BCUT2D eigenvalue weighted by molar-refractivity contribution is -0.138. The maximum absolute atomic E-state index is 12.7. The standard InChI is InChI=1S/C18H23ClF3N3O/c1-12-3-2-6-25(11-12)17(26)13-4-7-24(8-5-13)16-15(19)9-14(10-23-16)18(20,21)22/h9-10,12-13H,2-8,11H2,1H3. The molecule has 2 aliphatic heterocycles. The van der Waals surface area contributed by atoms with Crippen LogP contribution < -0.4 is 4.90 Å². The van der Waals surface area contributed by atoms with Gasteiger partial charge in [-0.05, 0) is 37.7 Å². The van der Waals surface area contributed by atoms with Gasteiger partial charge in [0.25, 0.3) is 0 Å². The van der Waals surface area contributed by atoms with Crippen molar-refractivity contribution in [2.75, 3.05) is 31.1 Å². The van der Waals surface area contributed by atoms with E-state index < -0.39 is 11.7 Å². The average molecular weight is 390 g/mol. The Kier molecular flexibility index (Phi) is 5.65. The molecule has 3 rings (SSSR count). The molecule has 0 N–H and O–H groups in total. The van der Waals surface area contributed by atoms with Gasteiger partial charge in [0.2, 0.25) is 5.91 Å². The summed E-state index contributed by atoms with van der Waals surface area (Å²) in [6.45, 7) is 4.96. The van der Waals surface area contributed by atoms with Gasteiger partial charge in [-0.3, -0.25) is 4.79 Å². The normalized spacial score (nSPS) is 22.6. The molecule has 1 atom stereocenters. The van der Waals surface area contributed by atoms with E-state index >= 15 is 0 Å². The van der Waals surface area contributed by atoms with Gasteiger partial charge in [0.05, 0.1) is 10.6 Å². The highest BCUT2D eigenvalue weighted by molar-refractivity contribution is 6.33. The largest absolute Gasteiger partial charge is 0.417 e. The average Bonchev–Trinajstić information content (AvgIpc) is 2.60. The number of halogens is 4. The molecule has 0 bridgehead atoms. The summed E-state index contributed by atoms with van der Waals surface area (Å²) in [5, 5.41) is -0.00513. The zero-order valence-corrected chi connectivity index (χ0v) is 15.5. The van der Waals surface area contributed by atoms with Crippen LogP contribution in [0.25, 0.3) is 0 Å². The summed E-state index contributed by atoms with van der Waals surface area (Å²) in [5.41, 5.74) is -0.851. The van der Waals surface area contributed by atoms with Crippen molar-refractivity contribution in [2.24, 2.45) is 11.8 Å². The van der Waals surface area contributed by atoms with Gasteiger partial charge in [0, 0.05) is 38.3 Å². The number of carbonyl (C=O) groups is 1. The molecule has 0 aromatic carbocycles. The van der Waals surface area contributed by atoms with Gasteiger partial charge in [-0.25, -0.2) is 4.98 Å². The Morgan fingerprint density at radius 3 is 2.50 bits per heavy atom. The Morgan fingerprint density at radius 1 is 1.23 bits per heavy atom. The molecular formula is C18H23ClF3N3O. The van der Waals surface area contributed by atoms with Gasteiger partial charge in [-0.2, -0.15) is 13.2 Å². The third-order valence-corrected chi connectivity index (χ3v) is 5.54. The van der Waals surface area contributed by atoms with Crippen LogP contribution in [-0.4, -0.2) is 42.0 Å². The second-order valence-corrected chi connectivity index (χ2v) is 7.73. The second kappa shape index (κ2) is 7.62. The van der Waals surface area contributed by atoms with E-state index in [1.54, 1.807) is 0 Å². The summed E-state index contributed by atoms with van der Waals surface area (Å²) in [7, 11) is 0. The number of anilines is 1. The molecular weight excluding hydrogens is 367 g/mol. The van der Waals surface area contributed by atoms with Crippen molar-refractivity contribution in [1.82, 2.24) is 9.88 Å². The third-order valence-electron chi connectivity index (χ3n) is 5.26. The van der Waals surface area contributed by atoms with Crippen molar-refractivity contribution in [3.63, 3.8) is 0 Å². The van der Waals surface area contributed by atoms with E-state index in [0.29, 0.717) is 37.7 Å². The fourth-order valence-corrected chi connectivity index (χ4v) is 4.09. The summed E-state index contributed by atoms with van der Waals surface area (Å²) in [6, 6.07) is 0.913. The van der Waals surface area contributed by atoms with E-state index in [1.807, 2.05) is 9.80 Å². The molecule has 8 heteroatoms. The van der Waals surface area contributed by atoms with E-state index in [-0.39, 0.29) is 16.8 Å². The van der Waals surface area contributed by atoms with Crippen molar-refractivity contribution in [3.8, 4) is 0 Å². The van der Waals surface area contributed by atoms with Gasteiger partial charge < -0.3 is 9.80 Å². The third kappa shape index (κ3) is 4.24. The minimum atomic E-state index is -4.46. The molecule has 2 aliphatic rings. The molecule has 0 spiro atoms. The Hall–Kier alpha value is -1.50. The monoisotopic (exact) mass is 389 g/mol. The Balaban J connectivity index is 1.61. The quantitative estimate of drug-likeness (QED) is 0.759. The fraction of sp³-hybridized carbons (Fsp3) is 0.667. The second-order valence-electron chi connectivity index (χ2n) is 7.32. The zero-order chi connectivity index (χ0) is 18.9. The van der Waals surface area contributed by atoms with Crippen LogP contribution in [-0.2, 0) is 11.0 Å². The van der Waals surface area contributed by atoms with Crippen molar-refractivity contribution >= 4 is 23.3 Å². The van der Waals surface area contributed by atoms with Gasteiger partial charge in [0.1, 0.15) is 5.82 Å². The molecule has 0 aliphatic carbocycles. The molecule has 2 saturated heterocycles. The first-order valence-electron chi connectivity index (χ1n) is 9.02. The predicted octanol–water partition coefficient (Wildman–Crippen LogP) is 4.23. The number of alkyl halides is 3. The molecule has 26 heavy (non-hydrogen) atoms. The van der Waals surface area contributed by atoms with E-state index in [0.717, 1.165) is 31.8 Å². The van der Waals surface area contributed by atoms with Crippen molar-refractivity contribution in [3.05, 3.63) is 22.8 Å². The van der Waals surface area contributed by atoms with Gasteiger partial charge >= 0.3 is 6.18 Å². The number of nitrogens with zero attached hydrogens (tertiary/aromatic N) is 3. The molecule has 3 heterocycles. The number of amides is 1. The first-order valence-corrected chi connectivity index (χ1v) is 9.40. The van der Waals surface area contributed by atoms with Crippen LogP contribution in [0.15, 0.2) is 12.3 Å². The zero-order valence-electron chi connectivity index (χ0n) is 14.7. The van der Waals surface area contributed by atoms with E-state index in [9.17, 15) is 18.0 Å². The number of hydrogen-bond acceptors (Lipinski definition) is 3. The van der Waals surface area contributed by atoms with Gasteiger partial charge in [0.15, 0.2) is 0 Å². The first kappa shape index (κ1) is 19.3. The lowest BCUT2D eigenvalue weighted by atomic mass is 9.92. The summed E-state index contributed by atoms with van der Waals surface area (Å²) < 4.78 is 38.2. The summed E-state index contributed by atoms with van der Waals surface area (Å²) in [4.78, 5) is 20.5. The maximum atomic E-state index is 12.7. The number of hydrogen-bond donors (Lipinski definition) is 0. The summed E-state index contributed by atoms with van der Waals surface area (Å²) in [5.74, 6) is 1.09. The van der Waals surface area contributed by atoms with Crippen LogP contribution in [0, 0.1) is 11.8 Å². The molecule has 0 saturated carbocycles. The molecule has 2 fully saturated rings. The molecule has 1 amide bonds. The van der Waals surface area contributed by atoms with Crippen LogP contribution in [0.2, 0.25) is 5.02 Å². The number of carbonyl (C=O) groups excluding carboxylic acids is 1. The Morgan fingerprint density at radius 2 is 1.92 bits per heavy atom.